The number of morpholine rings is 1. The summed E-state index contributed by atoms with van der Waals surface area (Å²) in [6.45, 7) is 5.92. The molecule has 0 spiro atoms. The number of nitrogens with zero attached hydrogens (tertiary/aromatic N) is 2. The van der Waals surface area contributed by atoms with E-state index in [1.54, 1.807) is 12.3 Å². The van der Waals surface area contributed by atoms with E-state index in [1.807, 2.05) is 0 Å². The molecule has 1 aromatic heterocycles. The fourth-order valence-electron chi connectivity index (χ4n) is 2.38. The Bertz CT molecular complexity index is 500. The van der Waals surface area contributed by atoms with Gasteiger partial charge in [0, 0.05) is 25.8 Å². The van der Waals surface area contributed by atoms with Gasteiger partial charge in [-0.25, -0.2) is 4.79 Å². The van der Waals surface area contributed by atoms with Gasteiger partial charge in [0.25, 0.3) is 0 Å². The molecule has 1 aliphatic heterocycles. The molecule has 0 bridgehead atoms. The summed E-state index contributed by atoms with van der Waals surface area (Å²) in [5, 5.41) is 11.8. The van der Waals surface area contributed by atoms with E-state index in [4.69, 9.17) is 9.84 Å². The van der Waals surface area contributed by atoms with Crippen molar-refractivity contribution in [2.75, 3.05) is 32.8 Å². The van der Waals surface area contributed by atoms with Crippen LogP contribution in [0.5, 0.6) is 0 Å². The van der Waals surface area contributed by atoms with Crippen LogP contribution in [0.15, 0.2) is 18.3 Å². The molecule has 1 amide bonds. The topological polar surface area (TPSA) is 83.8 Å². The zero-order valence-corrected chi connectivity index (χ0v) is 12.1. The number of carbonyl (C=O) groups is 2. The summed E-state index contributed by atoms with van der Waals surface area (Å²) >= 11 is 0. The first-order valence-electron chi connectivity index (χ1n) is 7.09. The molecule has 1 unspecified atom stereocenters. The molecule has 1 aromatic rings. The van der Waals surface area contributed by atoms with Crippen LogP contribution in [0.1, 0.15) is 17.4 Å². The third kappa shape index (κ3) is 4.30. The molecule has 1 aliphatic rings. The number of aromatic carboxylic acids is 1. The van der Waals surface area contributed by atoms with E-state index in [-0.39, 0.29) is 24.2 Å². The second kappa shape index (κ2) is 7.24. The van der Waals surface area contributed by atoms with Crippen LogP contribution in [0.2, 0.25) is 0 Å². The van der Waals surface area contributed by atoms with Gasteiger partial charge in [-0.05, 0) is 18.7 Å². The van der Waals surface area contributed by atoms with E-state index in [1.165, 1.54) is 10.6 Å². The van der Waals surface area contributed by atoms with E-state index in [0.717, 1.165) is 19.6 Å². The summed E-state index contributed by atoms with van der Waals surface area (Å²) in [5.74, 6) is -1.26. The van der Waals surface area contributed by atoms with Crippen molar-refractivity contribution in [1.82, 2.24) is 14.8 Å². The molecule has 1 fully saturated rings. The van der Waals surface area contributed by atoms with Crippen LogP contribution in [0.3, 0.4) is 0 Å². The first-order valence-corrected chi connectivity index (χ1v) is 7.09. The van der Waals surface area contributed by atoms with E-state index < -0.39 is 5.97 Å². The zero-order chi connectivity index (χ0) is 15.2. The summed E-state index contributed by atoms with van der Waals surface area (Å²) in [6, 6.07) is 3.08. The van der Waals surface area contributed by atoms with Crippen LogP contribution in [0, 0.1) is 0 Å². The molecule has 0 aliphatic carbocycles. The summed E-state index contributed by atoms with van der Waals surface area (Å²) in [4.78, 5) is 25.1. The Balaban J connectivity index is 1.79. The largest absolute Gasteiger partial charge is 0.477 e. The normalized spacial score (nSPS) is 19.4. The van der Waals surface area contributed by atoms with Gasteiger partial charge in [-0.2, -0.15) is 0 Å². The number of amides is 1. The van der Waals surface area contributed by atoms with Crippen LogP contribution in [-0.4, -0.2) is 65.3 Å². The molecule has 21 heavy (non-hydrogen) atoms. The van der Waals surface area contributed by atoms with Gasteiger partial charge in [0.15, 0.2) is 0 Å². The first kappa shape index (κ1) is 15.5. The van der Waals surface area contributed by atoms with Gasteiger partial charge >= 0.3 is 5.97 Å². The lowest BCUT2D eigenvalue weighted by molar-refractivity contribution is -0.122. The summed E-state index contributed by atoms with van der Waals surface area (Å²) < 4.78 is 7.01. The Morgan fingerprint density at radius 2 is 2.33 bits per heavy atom. The standard InChI is InChI=1S/C14H21N3O4/c1-2-16-6-7-21-11(9-16)8-15-13(18)10-17-5-3-4-12(17)14(19)20/h3-5,11H,2,6-10H2,1H3,(H,15,18)(H,19,20). The van der Waals surface area contributed by atoms with Crippen molar-refractivity contribution in [3.8, 4) is 0 Å². The maximum atomic E-state index is 11.9. The second-order valence-electron chi connectivity index (χ2n) is 5.02. The lowest BCUT2D eigenvalue weighted by Gasteiger charge is -2.32. The maximum Gasteiger partial charge on any atom is 0.352 e. The molecule has 116 valence electrons. The Hall–Kier alpha value is -1.86. The highest BCUT2D eigenvalue weighted by molar-refractivity contribution is 5.86. The van der Waals surface area contributed by atoms with Gasteiger partial charge in [-0.1, -0.05) is 6.92 Å². The average molecular weight is 295 g/mol. The molecule has 0 aromatic carbocycles. The predicted molar refractivity (Wildman–Crippen MR) is 76.3 cm³/mol. The molecular weight excluding hydrogens is 274 g/mol. The zero-order valence-electron chi connectivity index (χ0n) is 12.1. The van der Waals surface area contributed by atoms with Crippen LogP contribution >= 0.6 is 0 Å². The predicted octanol–water partition coefficient (Wildman–Crippen LogP) is 0.0232. The van der Waals surface area contributed by atoms with Crippen LogP contribution in [0.25, 0.3) is 0 Å². The van der Waals surface area contributed by atoms with Crippen molar-refractivity contribution >= 4 is 11.9 Å². The molecule has 1 saturated heterocycles. The number of carboxylic acid groups (broad SMARTS) is 1. The smallest absolute Gasteiger partial charge is 0.352 e. The third-order valence-electron chi connectivity index (χ3n) is 3.56. The minimum absolute atomic E-state index is 0.00115. The lowest BCUT2D eigenvalue weighted by Crippen LogP contribution is -2.47. The van der Waals surface area contributed by atoms with Gasteiger partial charge in [-0.15, -0.1) is 0 Å². The van der Waals surface area contributed by atoms with Crippen LogP contribution in [-0.2, 0) is 16.1 Å². The third-order valence-corrected chi connectivity index (χ3v) is 3.56. The number of aromatic nitrogens is 1. The minimum atomic E-state index is -1.04. The fourth-order valence-corrected chi connectivity index (χ4v) is 2.38. The van der Waals surface area contributed by atoms with Crippen LogP contribution < -0.4 is 5.32 Å². The van der Waals surface area contributed by atoms with Gasteiger partial charge in [0.05, 0.1) is 12.7 Å². The fraction of sp³-hybridized carbons (Fsp3) is 0.571. The second-order valence-corrected chi connectivity index (χ2v) is 5.02. The lowest BCUT2D eigenvalue weighted by atomic mass is 10.2. The number of carboxylic acids is 1. The highest BCUT2D eigenvalue weighted by Gasteiger charge is 2.20. The summed E-state index contributed by atoms with van der Waals surface area (Å²) in [5.41, 5.74) is 0.108. The molecule has 2 heterocycles. The van der Waals surface area contributed by atoms with E-state index in [9.17, 15) is 9.59 Å². The van der Waals surface area contributed by atoms with Crippen molar-refractivity contribution in [2.24, 2.45) is 0 Å². The Morgan fingerprint density at radius 3 is 3.05 bits per heavy atom. The molecule has 7 heteroatoms. The number of carbonyl (C=O) groups excluding carboxylic acids is 1. The molecule has 7 nitrogen and oxygen atoms in total. The van der Waals surface area contributed by atoms with Crippen molar-refractivity contribution in [3.05, 3.63) is 24.0 Å². The molecular formula is C14H21N3O4. The monoisotopic (exact) mass is 295 g/mol. The molecule has 1 atom stereocenters. The quantitative estimate of drug-likeness (QED) is 0.773. The van der Waals surface area contributed by atoms with E-state index in [0.29, 0.717) is 13.2 Å². The van der Waals surface area contributed by atoms with Crippen molar-refractivity contribution in [3.63, 3.8) is 0 Å². The maximum absolute atomic E-state index is 11.9. The Morgan fingerprint density at radius 1 is 1.52 bits per heavy atom. The van der Waals surface area contributed by atoms with Crippen molar-refractivity contribution in [2.45, 2.75) is 19.6 Å². The molecule has 2 rings (SSSR count). The summed E-state index contributed by atoms with van der Waals surface area (Å²) in [7, 11) is 0. The highest BCUT2D eigenvalue weighted by atomic mass is 16.5. The van der Waals surface area contributed by atoms with Crippen molar-refractivity contribution in [1.29, 1.82) is 0 Å². The van der Waals surface area contributed by atoms with E-state index >= 15 is 0 Å². The average Bonchev–Trinajstić information content (AvgIpc) is 2.93. The Kier molecular flexibility index (Phi) is 5.35. The van der Waals surface area contributed by atoms with Gasteiger partial charge in [0.1, 0.15) is 12.2 Å². The van der Waals surface area contributed by atoms with E-state index in [2.05, 4.69) is 17.1 Å². The highest BCUT2D eigenvalue weighted by Crippen LogP contribution is 2.04. The summed E-state index contributed by atoms with van der Waals surface area (Å²) in [6.07, 6.45) is 1.57. The number of rotatable bonds is 6. The van der Waals surface area contributed by atoms with Gasteiger partial charge in [-0.3, -0.25) is 9.69 Å². The first-order chi connectivity index (χ1) is 10.1. The molecule has 0 saturated carbocycles. The SMILES string of the molecule is CCN1CCOC(CNC(=O)Cn2cccc2C(=O)O)C1. The van der Waals surface area contributed by atoms with Gasteiger partial charge < -0.3 is 19.7 Å². The Labute approximate surface area is 123 Å². The number of hydrogen-bond donors (Lipinski definition) is 2. The minimum Gasteiger partial charge on any atom is -0.477 e. The molecule has 0 radical (unpaired) electrons. The number of ether oxygens (including phenoxy) is 1. The number of likely N-dealkylation sites (N-methyl/N-ethyl adjacent to an activating group) is 1. The number of nitrogens with one attached hydrogen (secondary N) is 1. The van der Waals surface area contributed by atoms with Crippen LogP contribution in [0.4, 0.5) is 0 Å². The number of hydrogen-bond acceptors (Lipinski definition) is 4. The van der Waals surface area contributed by atoms with Gasteiger partial charge in [0.2, 0.25) is 5.91 Å². The molecule has 2 N–H and O–H groups in total. The van der Waals surface area contributed by atoms with Crippen molar-refractivity contribution < 1.29 is 19.4 Å².